The number of aromatic amines is 2. The number of rotatable bonds is 3. The first kappa shape index (κ1) is 15.0. The van der Waals surface area contributed by atoms with Gasteiger partial charge in [-0.3, -0.25) is 14.8 Å². The Morgan fingerprint density at radius 3 is 2.83 bits per heavy atom. The van der Waals surface area contributed by atoms with Crippen LogP contribution in [-0.4, -0.2) is 32.5 Å². The summed E-state index contributed by atoms with van der Waals surface area (Å²) in [4.78, 5) is 38.2. The number of carbonyl (C=O) groups is 1. The van der Waals surface area contributed by atoms with E-state index in [2.05, 4.69) is 19.9 Å². The second kappa shape index (κ2) is 6.09. The Bertz CT molecular complexity index is 995. The van der Waals surface area contributed by atoms with Gasteiger partial charge in [0.15, 0.2) is 4.77 Å². The van der Waals surface area contributed by atoms with Crippen molar-refractivity contribution in [2.75, 3.05) is 6.61 Å². The second-order valence-corrected chi connectivity index (χ2v) is 5.03. The molecule has 3 aromatic heterocycles. The van der Waals surface area contributed by atoms with Crippen molar-refractivity contribution in [1.82, 2.24) is 19.9 Å². The Hall–Kier alpha value is -2.87. The van der Waals surface area contributed by atoms with Crippen molar-refractivity contribution >= 4 is 29.2 Å². The fourth-order valence-electron chi connectivity index (χ4n) is 2.19. The smallest absolute Gasteiger partial charge is 0.339 e. The predicted octanol–water partition coefficient (Wildman–Crippen LogP) is 2.22. The van der Waals surface area contributed by atoms with Gasteiger partial charge in [-0.25, -0.2) is 9.78 Å². The van der Waals surface area contributed by atoms with Crippen LogP contribution in [0, 0.1) is 4.77 Å². The first-order valence-corrected chi connectivity index (χ1v) is 7.27. The van der Waals surface area contributed by atoms with E-state index in [0.717, 1.165) is 0 Å². The summed E-state index contributed by atoms with van der Waals surface area (Å²) < 4.78 is 5.16. The minimum Gasteiger partial charge on any atom is -0.462 e. The average Bonchev–Trinajstić information content (AvgIpc) is 2.54. The molecule has 3 aromatic rings. The van der Waals surface area contributed by atoms with Crippen molar-refractivity contribution in [2.45, 2.75) is 6.92 Å². The molecule has 0 aliphatic rings. The van der Waals surface area contributed by atoms with Crippen LogP contribution in [0.1, 0.15) is 17.3 Å². The predicted molar refractivity (Wildman–Crippen MR) is 86.7 cm³/mol. The fraction of sp³-hybridized carbons (Fsp3) is 0.133. The van der Waals surface area contributed by atoms with Gasteiger partial charge in [0.1, 0.15) is 5.65 Å². The SMILES string of the molecule is CCOC(=O)c1cc(-c2ccccn2)nc2[nH]c(=S)[nH]c(=O)c12. The minimum absolute atomic E-state index is 0.108. The van der Waals surface area contributed by atoms with E-state index in [4.69, 9.17) is 17.0 Å². The molecule has 7 nitrogen and oxygen atoms in total. The zero-order chi connectivity index (χ0) is 16.4. The number of carbonyl (C=O) groups excluding carboxylic acids is 1. The zero-order valence-electron chi connectivity index (χ0n) is 12.1. The summed E-state index contributed by atoms with van der Waals surface area (Å²) in [6.45, 7) is 1.89. The van der Waals surface area contributed by atoms with E-state index >= 15 is 0 Å². The number of nitrogens with one attached hydrogen (secondary N) is 2. The summed E-state index contributed by atoms with van der Waals surface area (Å²) in [5, 5.41) is 0.108. The number of H-pyrrole nitrogens is 2. The lowest BCUT2D eigenvalue weighted by molar-refractivity contribution is 0.0528. The van der Waals surface area contributed by atoms with Crippen LogP contribution in [0.5, 0.6) is 0 Å². The molecule has 0 radical (unpaired) electrons. The van der Waals surface area contributed by atoms with Gasteiger partial charge in [-0.15, -0.1) is 0 Å². The minimum atomic E-state index is -0.604. The standard InChI is InChI=1S/C15H12N4O3S/c1-2-22-14(21)8-7-10(9-5-3-4-6-16-9)17-12-11(8)13(20)19-15(23)18-12/h3-7H,2H2,1H3,(H2,17,18,19,20,23). The van der Waals surface area contributed by atoms with E-state index in [1.165, 1.54) is 6.07 Å². The van der Waals surface area contributed by atoms with E-state index in [0.29, 0.717) is 11.4 Å². The molecule has 3 heterocycles. The van der Waals surface area contributed by atoms with Gasteiger partial charge in [-0.05, 0) is 37.3 Å². The van der Waals surface area contributed by atoms with Gasteiger partial charge >= 0.3 is 5.97 Å². The van der Waals surface area contributed by atoms with Crippen molar-refractivity contribution in [3.63, 3.8) is 0 Å². The highest BCUT2D eigenvalue weighted by Crippen LogP contribution is 2.21. The normalized spacial score (nSPS) is 10.7. The number of aromatic nitrogens is 4. The molecule has 3 rings (SSSR count). The molecule has 0 aliphatic carbocycles. The third-order valence-electron chi connectivity index (χ3n) is 3.13. The van der Waals surface area contributed by atoms with Crippen LogP contribution in [0.15, 0.2) is 35.3 Å². The van der Waals surface area contributed by atoms with Gasteiger partial charge in [0.25, 0.3) is 5.56 Å². The van der Waals surface area contributed by atoms with Crippen LogP contribution in [-0.2, 0) is 4.74 Å². The Balaban J connectivity index is 2.36. The largest absolute Gasteiger partial charge is 0.462 e. The monoisotopic (exact) mass is 328 g/mol. The summed E-state index contributed by atoms with van der Waals surface area (Å²) >= 11 is 4.96. The Labute approximate surface area is 135 Å². The van der Waals surface area contributed by atoms with Gasteiger partial charge in [-0.2, -0.15) is 0 Å². The lowest BCUT2D eigenvalue weighted by Gasteiger charge is -2.08. The van der Waals surface area contributed by atoms with Crippen molar-refractivity contribution in [3.05, 3.63) is 51.2 Å². The molecule has 0 aliphatic heterocycles. The van der Waals surface area contributed by atoms with Crippen LogP contribution < -0.4 is 5.56 Å². The van der Waals surface area contributed by atoms with Crippen molar-refractivity contribution in [3.8, 4) is 11.4 Å². The highest BCUT2D eigenvalue weighted by molar-refractivity contribution is 7.71. The summed E-state index contributed by atoms with van der Waals surface area (Å²) in [5.74, 6) is -0.604. The number of pyridine rings is 2. The molecule has 0 saturated carbocycles. The Morgan fingerprint density at radius 1 is 1.30 bits per heavy atom. The molecule has 23 heavy (non-hydrogen) atoms. The van der Waals surface area contributed by atoms with Gasteiger partial charge in [0.2, 0.25) is 0 Å². The van der Waals surface area contributed by atoms with E-state index in [1.807, 2.05) is 0 Å². The lowest BCUT2D eigenvalue weighted by Crippen LogP contribution is -2.16. The van der Waals surface area contributed by atoms with Crippen LogP contribution in [0.3, 0.4) is 0 Å². The summed E-state index contributed by atoms with van der Waals surface area (Å²) in [7, 11) is 0. The highest BCUT2D eigenvalue weighted by atomic mass is 32.1. The lowest BCUT2D eigenvalue weighted by atomic mass is 10.1. The third-order valence-corrected chi connectivity index (χ3v) is 3.33. The number of nitrogens with zero attached hydrogens (tertiary/aromatic N) is 2. The summed E-state index contributed by atoms with van der Waals surface area (Å²) in [6, 6.07) is 6.83. The number of hydrogen-bond acceptors (Lipinski definition) is 6. The maximum absolute atomic E-state index is 12.2. The molecule has 0 saturated heterocycles. The summed E-state index contributed by atoms with van der Waals surface area (Å²) in [5.41, 5.74) is 0.846. The highest BCUT2D eigenvalue weighted by Gasteiger charge is 2.18. The molecule has 0 aromatic carbocycles. The first-order chi connectivity index (χ1) is 11.1. The quantitative estimate of drug-likeness (QED) is 0.565. The Kier molecular flexibility index (Phi) is 3.98. The Morgan fingerprint density at radius 2 is 2.13 bits per heavy atom. The molecule has 116 valence electrons. The van der Waals surface area contributed by atoms with E-state index < -0.39 is 11.5 Å². The molecule has 2 N–H and O–H groups in total. The average molecular weight is 328 g/mol. The fourth-order valence-corrected chi connectivity index (χ4v) is 2.37. The van der Waals surface area contributed by atoms with Crippen LogP contribution in [0.25, 0.3) is 22.4 Å². The molecular weight excluding hydrogens is 316 g/mol. The maximum atomic E-state index is 12.2. The third kappa shape index (κ3) is 2.88. The molecule has 0 spiro atoms. The van der Waals surface area contributed by atoms with E-state index in [1.54, 1.807) is 31.3 Å². The van der Waals surface area contributed by atoms with Crippen molar-refractivity contribution in [2.24, 2.45) is 0 Å². The molecule has 0 bridgehead atoms. The van der Waals surface area contributed by atoms with Crippen LogP contribution in [0.2, 0.25) is 0 Å². The van der Waals surface area contributed by atoms with Gasteiger partial charge in [0, 0.05) is 6.20 Å². The van der Waals surface area contributed by atoms with Crippen LogP contribution >= 0.6 is 12.2 Å². The van der Waals surface area contributed by atoms with Gasteiger partial charge < -0.3 is 9.72 Å². The van der Waals surface area contributed by atoms with E-state index in [-0.39, 0.29) is 28.0 Å². The van der Waals surface area contributed by atoms with Crippen molar-refractivity contribution < 1.29 is 9.53 Å². The molecule has 0 amide bonds. The van der Waals surface area contributed by atoms with Crippen molar-refractivity contribution in [1.29, 1.82) is 0 Å². The van der Waals surface area contributed by atoms with Gasteiger partial charge in [0.05, 0.1) is 28.9 Å². The topological polar surface area (TPSA) is 101 Å². The van der Waals surface area contributed by atoms with Gasteiger partial charge in [-0.1, -0.05) is 6.07 Å². The number of ether oxygens (including phenoxy) is 1. The summed E-state index contributed by atoms with van der Waals surface area (Å²) in [6.07, 6.45) is 1.62. The first-order valence-electron chi connectivity index (χ1n) is 6.86. The zero-order valence-corrected chi connectivity index (χ0v) is 12.9. The molecule has 0 unspecified atom stereocenters. The maximum Gasteiger partial charge on any atom is 0.339 e. The number of esters is 1. The number of hydrogen-bond donors (Lipinski definition) is 2. The molecular formula is C15H12N4O3S. The second-order valence-electron chi connectivity index (χ2n) is 4.62. The molecule has 0 fully saturated rings. The number of fused-ring (bicyclic) bond motifs is 1. The molecule has 8 heteroatoms. The van der Waals surface area contributed by atoms with Crippen LogP contribution in [0.4, 0.5) is 0 Å². The van der Waals surface area contributed by atoms with E-state index in [9.17, 15) is 9.59 Å². The molecule has 0 atom stereocenters.